The van der Waals surface area contributed by atoms with Crippen molar-refractivity contribution >= 4 is 16.0 Å². The molecule has 0 aliphatic rings. The van der Waals surface area contributed by atoms with Crippen LogP contribution in [-0.4, -0.2) is 45.0 Å². The second-order valence-corrected chi connectivity index (χ2v) is 5.36. The molecule has 0 aliphatic carbocycles. The minimum atomic E-state index is -3.59. The van der Waals surface area contributed by atoms with E-state index in [-0.39, 0.29) is 18.3 Å². The Morgan fingerprint density at radius 2 is 2.00 bits per heavy atom. The predicted octanol–water partition coefficient (Wildman–Crippen LogP) is -0.339. The Bertz CT molecular complexity index is 298. The van der Waals surface area contributed by atoms with E-state index >= 15 is 0 Å². The van der Waals surface area contributed by atoms with Crippen LogP contribution in [0.4, 0.5) is 0 Å². The summed E-state index contributed by atoms with van der Waals surface area (Å²) in [5, 5.41) is 8.77. The van der Waals surface area contributed by atoms with Crippen molar-refractivity contribution in [2.75, 3.05) is 19.5 Å². The van der Waals surface area contributed by atoms with E-state index in [2.05, 4.69) is 9.46 Å². The van der Waals surface area contributed by atoms with Crippen molar-refractivity contribution in [3.63, 3.8) is 0 Å². The number of hydrogen-bond donors (Lipinski definition) is 2. The number of hydrogen-bond acceptors (Lipinski definition) is 4. The van der Waals surface area contributed by atoms with Gasteiger partial charge in [0.05, 0.1) is 12.4 Å². The molecule has 1 unspecified atom stereocenters. The summed E-state index contributed by atoms with van der Waals surface area (Å²) < 4.78 is 29.4. The summed E-state index contributed by atoms with van der Waals surface area (Å²) in [5.74, 6) is -1.72. The first-order chi connectivity index (χ1) is 6.80. The summed E-state index contributed by atoms with van der Waals surface area (Å²) in [6, 6.07) is -1.09. The van der Waals surface area contributed by atoms with Gasteiger partial charge in [-0.15, -0.1) is 0 Å². The predicted molar refractivity (Wildman–Crippen MR) is 55.1 cm³/mol. The van der Waals surface area contributed by atoms with Gasteiger partial charge in [0.15, 0.2) is 0 Å². The second-order valence-electron chi connectivity index (χ2n) is 3.49. The maximum atomic E-state index is 11.4. The van der Waals surface area contributed by atoms with Crippen LogP contribution < -0.4 is 4.72 Å². The lowest BCUT2D eigenvalue weighted by atomic mass is 10.1. The van der Waals surface area contributed by atoms with Crippen LogP contribution in [0.25, 0.3) is 0 Å². The fourth-order valence-electron chi connectivity index (χ4n) is 0.917. The molecule has 0 aromatic carbocycles. The van der Waals surface area contributed by atoms with Gasteiger partial charge in [0.2, 0.25) is 10.0 Å². The number of carboxylic acids is 1. The number of methoxy groups -OCH3 is 1. The number of sulfonamides is 1. The molecule has 0 aromatic rings. The molecule has 1 atom stereocenters. The maximum absolute atomic E-state index is 11.4. The summed E-state index contributed by atoms with van der Waals surface area (Å²) in [7, 11) is -2.21. The number of nitrogens with one attached hydrogen (secondary N) is 1. The van der Waals surface area contributed by atoms with Crippen LogP contribution >= 0.6 is 0 Å². The van der Waals surface area contributed by atoms with Gasteiger partial charge < -0.3 is 9.84 Å². The van der Waals surface area contributed by atoms with Crippen molar-refractivity contribution in [2.45, 2.75) is 19.9 Å². The second kappa shape index (κ2) is 6.04. The first-order valence-electron chi connectivity index (χ1n) is 4.52. The van der Waals surface area contributed by atoms with Crippen LogP contribution in [0.1, 0.15) is 13.8 Å². The van der Waals surface area contributed by atoms with Gasteiger partial charge in [0.25, 0.3) is 0 Å². The topological polar surface area (TPSA) is 92.7 Å². The monoisotopic (exact) mass is 239 g/mol. The average molecular weight is 239 g/mol. The molecule has 0 fully saturated rings. The summed E-state index contributed by atoms with van der Waals surface area (Å²) in [4.78, 5) is 10.7. The Balaban J connectivity index is 4.46. The molecule has 6 nitrogen and oxygen atoms in total. The first-order valence-corrected chi connectivity index (χ1v) is 6.17. The van der Waals surface area contributed by atoms with Crippen molar-refractivity contribution < 1.29 is 23.1 Å². The van der Waals surface area contributed by atoms with Gasteiger partial charge >= 0.3 is 5.97 Å². The standard InChI is InChI=1S/C8H17NO5S/c1-6(2)7(8(10)11)9-15(12,13)5-4-14-3/h6-7,9H,4-5H2,1-3H3,(H,10,11). The van der Waals surface area contributed by atoms with E-state index in [0.29, 0.717) is 0 Å². The highest BCUT2D eigenvalue weighted by atomic mass is 32.2. The van der Waals surface area contributed by atoms with Gasteiger partial charge in [-0.25, -0.2) is 13.1 Å². The summed E-state index contributed by atoms with van der Waals surface area (Å²) >= 11 is 0. The number of carbonyl (C=O) groups is 1. The minimum absolute atomic E-state index is 0.0414. The Kier molecular flexibility index (Phi) is 5.77. The van der Waals surface area contributed by atoms with E-state index in [1.54, 1.807) is 13.8 Å². The fraction of sp³-hybridized carbons (Fsp3) is 0.875. The quantitative estimate of drug-likeness (QED) is 0.634. The van der Waals surface area contributed by atoms with Gasteiger partial charge in [0, 0.05) is 7.11 Å². The smallest absolute Gasteiger partial charge is 0.321 e. The Morgan fingerprint density at radius 1 is 1.47 bits per heavy atom. The zero-order valence-corrected chi connectivity index (χ0v) is 9.87. The molecule has 90 valence electrons. The fourth-order valence-corrected chi connectivity index (χ4v) is 2.18. The zero-order chi connectivity index (χ0) is 12.1. The van der Waals surface area contributed by atoms with Gasteiger partial charge in [-0.05, 0) is 5.92 Å². The molecule has 0 spiro atoms. The van der Waals surface area contributed by atoms with Crippen molar-refractivity contribution in [3.8, 4) is 0 Å². The molecule has 2 N–H and O–H groups in total. The molecule has 7 heteroatoms. The van der Waals surface area contributed by atoms with Gasteiger partial charge in [-0.2, -0.15) is 0 Å². The van der Waals surface area contributed by atoms with Crippen LogP contribution in [0.2, 0.25) is 0 Å². The highest BCUT2D eigenvalue weighted by molar-refractivity contribution is 7.89. The third-order valence-corrected chi connectivity index (χ3v) is 3.11. The zero-order valence-electron chi connectivity index (χ0n) is 9.06. The van der Waals surface area contributed by atoms with E-state index in [1.165, 1.54) is 7.11 Å². The minimum Gasteiger partial charge on any atom is -0.480 e. The molecule has 0 bridgehead atoms. The van der Waals surface area contributed by atoms with Crippen molar-refractivity contribution in [1.29, 1.82) is 0 Å². The molecule has 0 aliphatic heterocycles. The van der Waals surface area contributed by atoms with Gasteiger partial charge in [-0.3, -0.25) is 4.79 Å². The molecule has 0 amide bonds. The summed E-state index contributed by atoms with van der Waals surface area (Å²) in [6.45, 7) is 3.31. The molecular weight excluding hydrogens is 222 g/mol. The molecular formula is C8H17NO5S. The van der Waals surface area contributed by atoms with Crippen LogP contribution in [0.3, 0.4) is 0 Å². The molecule has 0 rings (SSSR count). The van der Waals surface area contributed by atoms with Crippen molar-refractivity contribution in [1.82, 2.24) is 4.72 Å². The number of carboxylic acid groups (broad SMARTS) is 1. The Morgan fingerprint density at radius 3 is 2.33 bits per heavy atom. The third-order valence-electron chi connectivity index (χ3n) is 1.80. The molecule has 0 saturated heterocycles. The average Bonchev–Trinajstić information content (AvgIpc) is 2.10. The van der Waals surface area contributed by atoms with Crippen LogP contribution in [0.15, 0.2) is 0 Å². The lowest BCUT2D eigenvalue weighted by Crippen LogP contribution is -2.45. The normalized spacial score (nSPS) is 14.1. The summed E-state index contributed by atoms with van der Waals surface area (Å²) in [5.41, 5.74) is 0. The molecule has 15 heavy (non-hydrogen) atoms. The lowest BCUT2D eigenvalue weighted by Gasteiger charge is -2.17. The number of aliphatic carboxylic acids is 1. The number of rotatable bonds is 7. The van der Waals surface area contributed by atoms with E-state index < -0.39 is 22.0 Å². The van der Waals surface area contributed by atoms with Crippen molar-refractivity contribution in [3.05, 3.63) is 0 Å². The third kappa shape index (κ3) is 5.71. The van der Waals surface area contributed by atoms with Gasteiger partial charge in [-0.1, -0.05) is 13.8 Å². The van der Waals surface area contributed by atoms with E-state index in [9.17, 15) is 13.2 Å². The van der Waals surface area contributed by atoms with Crippen LogP contribution in [0.5, 0.6) is 0 Å². The van der Waals surface area contributed by atoms with Crippen LogP contribution in [0, 0.1) is 5.92 Å². The molecule has 0 saturated carbocycles. The molecule has 0 heterocycles. The maximum Gasteiger partial charge on any atom is 0.321 e. The van der Waals surface area contributed by atoms with Crippen LogP contribution in [-0.2, 0) is 19.6 Å². The van der Waals surface area contributed by atoms with E-state index in [4.69, 9.17) is 5.11 Å². The van der Waals surface area contributed by atoms with E-state index in [1.807, 2.05) is 0 Å². The molecule has 0 radical (unpaired) electrons. The number of ether oxygens (including phenoxy) is 1. The Labute approximate surface area is 89.7 Å². The largest absolute Gasteiger partial charge is 0.480 e. The SMILES string of the molecule is COCCS(=O)(=O)NC(C(=O)O)C(C)C. The molecule has 0 aromatic heterocycles. The Hall–Kier alpha value is -0.660. The highest BCUT2D eigenvalue weighted by Crippen LogP contribution is 2.03. The first kappa shape index (κ1) is 14.3. The van der Waals surface area contributed by atoms with E-state index in [0.717, 1.165) is 0 Å². The summed E-state index contributed by atoms with van der Waals surface area (Å²) in [6.07, 6.45) is 0. The highest BCUT2D eigenvalue weighted by Gasteiger charge is 2.26. The lowest BCUT2D eigenvalue weighted by molar-refractivity contribution is -0.140. The van der Waals surface area contributed by atoms with Crippen molar-refractivity contribution in [2.24, 2.45) is 5.92 Å². The van der Waals surface area contributed by atoms with Gasteiger partial charge in [0.1, 0.15) is 6.04 Å².